The zero-order valence-electron chi connectivity index (χ0n) is 7.53. The Morgan fingerprint density at radius 3 is 3.08 bits per heavy atom. The second-order valence-corrected chi connectivity index (χ2v) is 2.95. The fourth-order valence-electron chi connectivity index (χ4n) is 1.05. The molecular formula is C8H15N3O. The monoisotopic (exact) mass is 169 g/mol. The van der Waals surface area contributed by atoms with Crippen LogP contribution < -0.4 is 5.73 Å². The Labute approximate surface area is 72.3 Å². The van der Waals surface area contributed by atoms with E-state index in [9.17, 15) is 0 Å². The summed E-state index contributed by atoms with van der Waals surface area (Å²) in [7, 11) is 1.65. The minimum Gasteiger partial charge on any atom is -0.362 e. The molecular weight excluding hydrogens is 154 g/mol. The van der Waals surface area contributed by atoms with Crippen LogP contribution in [0.25, 0.3) is 0 Å². The number of nitrogens with two attached hydrogens (primary N) is 1. The van der Waals surface area contributed by atoms with Gasteiger partial charge in [0.2, 0.25) is 0 Å². The first-order valence-corrected chi connectivity index (χ1v) is 3.99. The summed E-state index contributed by atoms with van der Waals surface area (Å²) in [6, 6.07) is 2.12. The van der Waals surface area contributed by atoms with E-state index in [0.29, 0.717) is 6.73 Å². The van der Waals surface area contributed by atoms with Crippen LogP contribution in [-0.2, 0) is 17.9 Å². The smallest absolute Gasteiger partial charge is 0.138 e. The predicted octanol–water partition coefficient (Wildman–Crippen LogP) is 0.377. The van der Waals surface area contributed by atoms with Crippen LogP contribution in [0.5, 0.6) is 0 Å². The molecule has 0 fully saturated rings. The highest BCUT2D eigenvalue weighted by molar-refractivity contribution is 5.00. The van der Waals surface area contributed by atoms with Crippen molar-refractivity contribution in [1.82, 2.24) is 9.78 Å². The lowest BCUT2D eigenvalue weighted by Gasteiger charge is -2.00. The summed E-state index contributed by atoms with van der Waals surface area (Å²) in [5, 5.41) is 4.25. The molecule has 0 spiro atoms. The first-order valence-electron chi connectivity index (χ1n) is 3.99. The second-order valence-electron chi connectivity index (χ2n) is 2.95. The SMILES string of the molecule is COCn1ccc(CC(C)N)n1. The first kappa shape index (κ1) is 9.22. The Kier molecular flexibility index (Phi) is 3.25. The average molecular weight is 169 g/mol. The van der Waals surface area contributed by atoms with Crippen LogP contribution in [0.15, 0.2) is 12.3 Å². The van der Waals surface area contributed by atoms with Gasteiger partial charge in [0.15, 0.2) is 0 Å². The molecule has 1 atom stereocenters. The molecule has 0 saturated carbocycles. The minimum absolute atomic E-state index is 0.163. The van der Waals surface area contributed by atoms with Crippen molar-refractivity contribution in [3.63, 3.8) is 0 Å². The third-order valence-electron chi connectivity index (χ3n) is 1.49. The largest absolute Gasteiger partial charge is 0.362 e. The highest BCUT2D eigenvalue weighted by Crippen LogP contribution is 1.98. The Morgan fingerprint density at radius 2 is 2.50 bits per heavy atom. The molecule has 12 heavy (non-hydrogen) atoms. The summed E-state index contributed by atoms with van der Waals surface area (Å²) < 4.78 is 6.66. The van der Waals surface area contributed by atoms with Gasteiger partial charge in [0.05, 0.1) is 5.69 Å². The molecule has 4 nitrogen and oxygen atoms in total. The zero-order chi connectivity index (χ0) is 8.97. The quantitative estimate of drug-likeness (QED) is 0.708. The summed E-state index contributed by atoms with van der Waals surface area (Å²) >= 11 is 0. The maximum atomic E-state index is 5.63. The van der Waals surface area contributed by atoms with Gasteiger partial charge in [-0.2, -0.15) is 5.10 Å². The highest BCUT2D eigenvalue weighted by Gasteiger charge is 2.00. The van der Waals surface area contributed by atoms with E-state index in [2.05, 4.69) is 5.10 Å². The van der Waals surface area contributed by atoms with Crippen molar-refractivity contribution in [2.75, 3.05) is 7.11 Å². The number of hydrogen-bond donors (Lipinski definition) is 1. The molecule has 68 valence electrons. The van der Waals surface area contributed by atoms with Crippen molar-refractivity contribution in [2.24, 2.45) is 5.73 Å². The number of hydrogen-bond acceptors (Lipinski definition) is 3. The maximum absolute atomic E-state index is 5.63. The first-order chi connectivity index (χ1) is 5.72. The van der Waals surface area contributed by atoms with E-state index in [0.717, 1.165) is 12.1 Å². The number of methoxy groups -OCH3 is 1. The molecule has 1 heterocycles. The number of aromatic nitrogens is 2. The van der Waals surface area contributed by atoms with Crippen molar-refractivity contribution in [2.45, 2.75) is 26.1 Å². The fraction of sp³-hybridized carbons (Fsp3) is 0.625. The zero-order valence-corrected chi connectivity index (χ0v) is 7.53. The molecule has 0 aliphatic heterocycles. The standard InChI is InChI=1S/C8H15N3O/c1-7(9)5-8-3-4-11(10-8)6-12-2/h3-4,7H,5-6,9H2,1-2H3. The minimum atomic E-state index is 0.163. The van der Waals surface area contributed by atoms with Gasteiger partial charge in [-0.1, -0.05) is 0 Å². The van der Waals surface area contributed by atoms with Gasteiger partial charge in [-0.25, -0.2) is 4.68 Å². The van der Waals surface area contributed by atoms with E-state index in [1.165, 1.54) is 0 Å². The van der Waals surface area contributed by atoms with Crippen molar-refractivity contribution in [3.8, 4) is 0 Å². The van der Waals surface area contributed by atoms with Gasteiger partial charge in [-0.05, 0) is 13.0 Å². The normalized spacial score (nSPS) is 13.2. The molecule has 1 aromatic heterocycles. The lowest BCUT2D eigenvalue weighted by Crippen LogP contribution is -2.18. The van der Waals surface area contributed by atoms with Crippen LogP contribution in [0, 0.1) is 0 Å². The molecule has 0 aromatic carbocycles. The highest BCUT2D eigenvalue weighted by atomic mass is 16.5. The lowest BCUT2D eigenvalue weighted by atomic mass is 10.2. The molecule has 2 N–H and O–H groups in total. The van der Waals surface area contributed by atoms with E-state index in [1.807, 2.05) is 19.2 Å². The molecule has 4 heteroatoms. The lowest BCUT2D eigenvalue weighted by molar-refractivity contribution is 0.120. The molecule has 0 saturated heterocycles. The van der Waals surface area contributed by atoms with Crippen molar-refractivity contribution < 1.29 is 4.74 Å². The molecule has 0 amide bonds. The molecule has 0 aliphatic carbocycles. The van der Waals surface area contributed by atoms with E-state index < -0.39 is 0 Å². The van der Waals surface area contributed by atoms with Crippen LogP contribution in [0.3, 0.4) is 0 Å². The third-order valence-corrected chi connectivity index (χ3v) is 1.49. The van der Waals surface area contributed by atoms with Gasteiger partial charge in [0, 0.05) is 25.8 Å². The topological polar surface area (TPSA) is 53.1 Å². The average Bonchev–Trinajstić information content (AvgIpc) is 2.36. The van der Waals surface area contributed by atoms with Crippen molar-refractivity contribution in [1.29, 1.82) is 0 Å². The summed E-state index contributed by atoms with van der Waals surface area (Å²) in [5.74, 6) is 0. The van der Waals surface area contributed by atoms with Crippen molar-refractivity contribution >= 4 is 0 Å². The Balaban J connectivity index is 2.52. The van der Waals surface area contributed by atoms with Crippen molar-refractivity contribution in [3.05, 3.63) is 18.0 Å². The van der Waals surface area contributed by atoms with Crippen LogP contribution in [0.1, 0.15) is 12.6 Å². The van der Waals surface area contributed by atoms with Crippen LogP contribution >= 0.6 is 0 Å². The van der Waals surface area contributed by atoms with Crippen LogP contribution in [-0.4, -0.2) is 22.9 Å². The van der Waals surface area contributed by atoms with Gasteiger partial charge < -0.3 is 10.5 Å². The summed E-state index contributed by atoms with van der Waals surface area (Å²) in [6.07, 6.45) is 2.71. The predicted molar refractivity (Wildman–Crippen MR) is 46.6 cm³/mol. The Morgan fingerprint density at radius 1 is 1.75 bits per heavy atom. The van der Waals surface area contributed by atoms with Gasteiger partial charge in [0.25, 0.3) is 0 Å². The summed E-state index contributed by atoms with van der Waals surface area (Å²) in [4.78, 5) is 0. The van der Waals surface area contributed by atoms with Gasteiger partial charge >= 0.3 is 0 Å². The Bertz CT molecular complexity index is 232. The third kappa shape index (κ3) is 2.64. The number of ether oxygens (including phenoxy) is 1. The van der Waals surface area contributed by atoms with E-state index in [-0.39, 0.29) is 6.04 Å². The summed E-state index contributed by atoms with van der Waals surface area (Å²) in [6.45, 7) is 2.47. The Hall–Kier alpha value is -0.870. The van der Waals surface area contributed by atoms with Gasteiger partial charge in [-0.3, -0.25) is 0 Å². The number of rotatable bonds is 4. The maximum Gasteiger partial charge on any atom is 0.138 e. The fourth-order valence-corrected chi connectivity index (χ4v) is 1.05. The van der Waals surface area contributed by atoms with Gasteiger partial charge in [0.1, 0.15) is 6.73 Å². The summed E-state index contributed by atoms with van der Waals surface area (Å²) in [5.41, 5.74) is 6.64. The second kappa shape index (κ2) is 4.23. The molecule has 0 bridgehead atoms. The van der Waals surface area contributed by atoms with E-state index in [1.54, 1.807) is 11.8 Å². The molecule has 0 radical (unpaired) electrons. The molecule has 1 unspecified atom stereocenters. The molecule has 0 aliphatic rings. The van der Waals surface area contributed by atoms with E-state index in [4.69, 9.17) is 10.5 Å². The van der Waals surface area contributed by atoms with Crippen LogP contribution in [0.2, 0.25) is 0 Å². The molecule has 1 aromatic rings. The molecule has 1 rings (SSSR count). The van der Waals surface area contributed by atoms with Crippen LogP contribution in [0.4, 0.5) is 0 Å². The number of nitrogens with zero attached hydrogens (tertiary/aromatic N) is 2. The van der Waals surface area contributed by atoms with E-state index >= 15 is 0 Å². The van der Waals surface area contributed by atoms with Gasteiger partial charge in [-0.15, -0.1) is 0 Å².